The van der Waals surface area contributed by atoms with Gasteiger partial charge >= 0.3 is 0 Å². The van der Waals surface area contributed by atoms with Gasteiger partial charge in [0.25, 0.3) is 0 Å². The van der Waals surface area contributed by atoms with Crippen molar-refractivity contribution in [2.45, 2.75) is 6.42 Å². The van der Waals surface area contributed by atoms with Gasteiger partial charge in [-0.1, -0.05) is 0 Å². The van der Waals surface area contributed by atoms with Crippen LogP contribution in [0.5, 0.6) is 11.5 Å². The Hall–Kier alpha value is -1.62. The summed E-state index contributed by atoms with van der Waals surface area (Å²) in [6.45, 7) is 0.179. The maximum Gasteiger partial charge on any atom is 0.168 e. The number of nitrogens with two attached hydrogens (primary N) is 1. The first-order chi connectivity index (χ1) is 7.10. The van der Waals surface area contributed by atoms with Crippen molar-refractivity contribution in [2.75, 3.05) is 13.7 Å². The first-order valence-electron chi connectivity index (χ1n) is 4.40. The van der Waals surface area contributed by atoms with Gasteiger partial charge in [-0.2, -0.15) is 0 Å². The first kappa shape index (κ1) is 11.5. The molecule has 0 aromatic heterocycles. The number of ether oxygens (including phenoxy) is 1. The van der Waals surface area contributed by atoms with Gasteiger partial charge in [0.2, 0.25) is 0 Å². The molecular weight excluding hydrogens is 201 g/mol. The minimum Gasteiger partial charge on any atom is -0.507 e. The minimum absolute atomic E-state index is 0.0266. The number of ketones is 1. The summed E-state index contributed by atoms with van der Waals surface area (Å²) >= 11 is 0. The molecule has 0 spiro atoms. The zero-order valence-corrected chi connectivity index (χ0v) is 8.29. The fourth-order valence-electron chi connectivity index (χ4n) is 1.19. The maximum absolute atomic E-state index is 13.1. The lowest BCUT2D eigenvalue weighted by Crippen LogP contribution is -2.08. The molecule has 0 saturated heterocycles. The molecule has 5 heteroatoms. The van der Waals surface area contributed by atoms with Crippen molar-refractivity contribution in [3.63, 3.8) is 0 Å². The van der Waals surface area contributed by atoms with Crippen molar-refractivity contribution in [3.8, 4) is 11.5 Å². The Balaban J connectivity index is 3.12. The molecule has 1 aromatic rings. The Labute approximate surface area is 86.5 Å². The van der Waals surface area contributed by atoms with Gasteiger partial charge in [0.1, 0.15) is 5.75 Å². The van der Waals surface area contributed by atoms with E-state index in [1.54, 1.807) is 0 Å². The van der Waals surface area contributed by atoms with Crippen LogP contribution in [0.15, 0.2) is 12.1 Å². The second-order valence-electron chi connectivity index (χ2n) is 2.97. The number of methoxy groups -OCH3 is 1. The predicted octanol–water partition coefficient (Wildman–Crippen LogP) is 1.07. The molecule has 0 radical (unpaired) electrons. The Bertz CT molecular complexity index is 379. The molecule has 0 heterocycles. The van der Waals surface area contributed by atoms with Crippen molar-refractivity contribution in [1.29, 1.82) is 0 Å². The van der Waals surface area contributed by atoms with Crippen molar-refractivity contribution >= 4 is 5.78 Å². The molecule has 0 aliphatic carbocycles. The van der Waals surface area contributed by atoms with Crippen LogP contribution in [0.3, 0.4) is 0 Å². The van der Waals surface area contributed by atoms with E-state index in [4.69, 9.17) is 10.5 Å². The molecule has 0 bridgehead atoms. The summed E-state index contributed by atoms with van der Waals surface area (Å²) in [5.41, 5.74) is 5.24. The van der Waals surface area contributed by atoms with E-state index in [1.165, 1.54) is 13.2 Å². The summed E-state index contributed by atoms with van der Waals surface area (Å²) in [6.07, 6.45) is 0.0996. The van der Waals surface area contributed by atoms with Gasteiger partial charge in [-0.25, -0.2) is 4.39 Å². The number of Topliss-reactive ketones (excluding diaryl/α,β-unsaturated/α-hetero) is 1. The highest BCUT2D eigenvalue weighted by atomic mass is 19.1. The van der Waals surface area contributed by atoms with Crippen LogP contribution in [0.25, 0.3) is 0 Å². The van der Waals surface area contributed by atoms with Crippen LogP contribution >= 0.6 is 0 Å². The molecule has 0 unspecified atom stereocenters. The van der Waals surface area contributed by atoms with Crippen molar-refractivity contribution in [1.82, 2.24) is 0 Å². The second-order valence-corrected chi connectivity index (χ2v) is 2.97. The van der Waals surface area contributed by atoms with Crippen molar-refractivity contribution in [3.05, 3.63) is 23.5 Å². The number of aromatic hydroxyl groups is 1. The lowest BCUT2D eigenvalue weighted by Gasteiger charge is -2.07. The van der Waals surface area contributed by atoms with Gasteiger partial charge in [0.15, 0.2) is 17.3 Å². The number of hydrogen-bond donors (Lipinski definition) is 2. The highest BCUT2D eigenvalue weighted by Crippen LogP contribution is 2.27. The average molecular weight is 213 g/mol. The number of carbonyl (C=O) groups is 1. The largest absolute Gasteiger partial charge is 0.507 e. The molecule has 1 aromatic carbocycles. The topological polar surface area (TPSA) is 72.5 Å². The first-order valence-corrected chi connectivity index (χ1v) is 4.40. The molecule has 82 valence electrons. The molecule has 0 aliphatic heterocycles. The van der Waals surface area contributed by atoms with Crippen molar-refractivity contribution < 1.29 is 19.0 Å². The Kier molecular flexibility index (Phi) is 3.62. The van der Waals surface area contributed by atoms with E-state index in [0.29, 0.717) is 0 Å². The number of halogens is 1. The number of phenolic OH excluding ortho intramolecular Hbond substituents is 1. The SMILES string of the molecule is COc1cc(C(=O)CCN)c(O)cc1F. The lowest BCUT2D eigenvalue weighted by atomic mass is 10.1. The molecule has 1 rings (SSSR count). The molecule has 0 aliphatic rings. The normalized spacial score (nSPS) is 10.1. The van der Waals surface area contributed by atoms with Crippen LogP contribution < -0.4 is 10.5 Å². The van der Waals surface area contributed by atoms with Crippen LogP contribution in [0.4, 0.5) is 4.39 Å². The Morgan fingerprint density at radius 2 is 2.27 bits per heavy atom. The molecule has 0 amide bonds. The van der Waals surface area contributed by atoms with Crippen LogP contribution in [-0.4, -0.2) is 24.5 Å². The van der Waals surface area contributed by atoms with Gasteiger partial charge in [-0.05, 0) is 12.6 Å². The van der Waals surface area contributed by atoms with E-state index >= 15 is 0 Å². The number of phenols is 1. The average Bonchev–Trinajstić information content (AvgIpc) is 2.18. The zero-order valence-electron chi connectivity index (χ0n) is 8.29. The van der Waals surface area contributed by atoms with Crippen LogP contribution in [0.1, 0.15) is 16.8 Å². The zero-order chi connectivity index (χ0) is 11.4. The molecule has 0 atom stereocenters. The molecular formula is C10H12FNO3. The predicted molar refractivity (Wildman–Crippen MR) is 52.6 cm³/mol. The summed E-state index contributed by atoms with van der Waals surface area (Å²) in [7, 11) is 1.28. The smallest absolute Gasteiger partial charge is 0.168 e. The molecule has 3 N–H and O–H groups in total. The number of benzene rings is 1. The quantitative estimate of drug-likeness (QED) is 0.734. The molecule has 0 saturated carbocycles. The minimum atomic E-state index is -0.709. The highest BCUT2D eigenvalue weighted by molar-refractivity contribution is 5.99. The van der Waals surface area contributed by atoms with E-state index in [0.717, 1.165) is 6.07 Å². The summed E-state index contributed by atoms with van der Waals surface area (Å²) in [6, 6.07) is 2.02. The Morgan fingerprint density at radius 3 is 2.80 bits per heavy atom. The third kappa shape index (κ3) is 2.44. The molecule has 4 nitrogen and oxygen atoms in total. The molecule has 15 heavy (non-hydrogen) atoms. The number of rotatable bonds is 4. The summed E-state index contributed by atoms with van der Waals surface area (Å²) in [5.74, 6) is -1.52. The van der Waals surface area contributed by atoms with Gasteiger partial charge in [-0.15, -0.1) is 0 Å². The third-order valence-electron chi connectivity index (χ3n) is 1.94. The van der Waals surface area contributed by atoms with E-state index in [1.807, 2.05) is 0 Å². The van der Waals surface area contributed by atoms with Crippen molar-refractivity contribution in [2.24, 2.45) is 5.73 Å². The van der Waals surface area contributed by atoms with Crippen LogP contribution in [0.2, 0.25) is 0 Å². The van der Waals surface area contributed by atoms with E-state index < -0.39 is 11.6 Å². The van der Waals surface area contributed by atoms with Gasteiger partial charge in [-0.3, -0.25) is 4.79 Å². The Morgan fingerprint density at radius 1 is 1.60 bits per heavy atom. The summed E-state index contributed by atoms with van der Waals surface area (Å²) < 4.78 is 17.8. The third-order valence-corrected chi connectivity index (χ3v) is 1.94. The maximum atomic E-state index is 13.1. The van der Waals surface area contributed by atoms with E-state index in [2.05, 4.69) is 0 Å². The number of hydrogen-bond acceptors (Lipinski definition) is 4. The van der Waals surface area contributed by atoms with E-state index in [9.17, 15) is 14.3 Å². The van der Waals surface area contributed by atoms with Crippen LogP contribution in [-0.2, 0) is 0 Å². The van der Waals surface area contributed by atoms with Gasteiger partial charge in [0, 0.05) is 12.5 Å². The van der Waals surface area contributed by atoms with E-state index in [-0.39, 0.29) is 30.1 Å². The fourth-order valence-corrected chi connectivity index (χ4v) is 1.19. The lowest BCUT2D eigenvalue weighted by molar-refractivity contribution is 0.0982. The van der Waals surface area contributed by atoms with Gasteiger partial charge < -0.3 is 15.6 Å². The summed E-state index contributed by atoms with van der Waals surface area (Å²) in [5, 5.41) is 9.35. The fraction of sp³-hybridized carbons (Fsp3) is 0.300. The molecule has 0 fully saturated rings. The summed E-state index contributed by atoms with van der Waals surface area (Å²) in [4.78, 5) is 11.4. The van der Waals surface area contributed by atoms with Gasteiger partial charge in [0.05, 0.1) is 12.7 Å². The number of carbonyl (C=O) groups excluding carboxylic acids is 1. The monoisotopic (exact) mass is 213 g/mol. The van der Waals surface area contributed by atoms with Crippen LogP contribution in [0, 0.1) is 5.82 Å². The highest BCUT2D eigenvalue weighted by Gasteiger charge is 2.15. The standard InChI is InChI=1S/C10H12FNO3/c1-15-10-4-6(8(13)2-3-12)9(14)5-7(10)11/h4-5,14H,2-3,12H2,1H3. The second kappa shape index (κ2) is 4.75.